The molecule has 3 atom stereocenters. The molecule has 3 N–H and O–H groups in total. The summed E-state index contributed by atoms with van der Waals surface area (Å²) >= 11 is 0. The van der Waals surface area contributed by atoms with Crippen LogP contribution in [0.2, 0.25) is 0 Å². The zero-order chi connectivity index (χ0) is 35.1. The number of pyridine rings is 1. The number of carbonyl (C=O) groups is 4. The molecule has 0 bridgehead atoms. The molecule has 256 valence electrons. The Morgan fingerprint density at radius 1 is 1.04 bits per heavy atom. The van der Waals surface area contributed by atoms with E-state index in [4.69, 9.17) is 22.3 Å². The van der Waals surface area contributed by atoms with Gasteiger partial charge in [0, 0.05) is 29.5 Å². The van der Waals surface area contributed by atoms with Crippen LogP contribution < -0.4 is 24.8 Å². The van der Waals surface area contributed by atoms with Crippen molar-refractivity contribution in [3.63, 3.8) is 0 Å². The molecule has 2 radical (unpaired) electrons. The van der Waals surface area contributed by atoms with E-state index in [1.807, 2.05) is 36.4 Å². The molecular weight excluding hydrogens is 649 g/mol. The molecule has 13 nitrogen and oxygen atoms in total. The Labute approximate surface area is 286 Å². The van der Waals surface area contributed by atoms with E-state index in [-0.39, 0.29) is 31.7 Å². The summed E-state index contributed by atoms with van der Waals surface area (Å²) in [6.45, 7) is 3.46. The van der Waals surface area contributed by atoms with Gasteiger partial charge in [0.1, 0.15) is 35.2 Å². The summed E-state index contributed by atoms with van der Waals surface area (Å²) in [6.07, 6.45) is 0.822. The zero-order valence-electron chi connectivity index (χ0n) is 27.5. The van der Waals surface area contributed by atoms with Crippen molar-refractivity contribution in [2.24, 2.45) is 5.92 Å². The molecule has 3 fully saturated rings. The predicted molar refractivity (Wildman–Crippen MR) is 181 cm³/mol. The highest BCUT2D eigenvalue weighted by Crippen LogP contribution is 2.39. The predicted octanol–water partition coefficient (Wildman–Crippen LogP) is 2.42. The maximum atomic E-state index is 14.0. The third-order valence-electron chi connectivity index (χ3n) is 9.17. The Morgan fingerprint density at radius 3 is 2.37 bits per heavy atom. The molecule has 1 saturated heterocycles. The second-order valence-corrected chi connectivity index (χ2v) is 15.2. The number of likely N-dealkylation sites (tertiary alicyclic amines) is 1. The van der Waals surface area contributed by atoms with Gasteiger partial charge in [-0.1, -0.05) is 44.2 Å². The van der Waals surface area contributed by atoms with Gasteiger partial charge in [-0.15, -0.1) is 0 Å². The van der Waals surface area contributed by atoms with E-state index in [0.717, 1.165) is 5.56 Å². The molecule has 1 aromatic heterocycles. The number of rotatable bonds is 12. The Morgan fingerprint density at radius 2 is 1.76 bits per heavy atom. The highest BCUT2D eigenvalue weighted by molar-refractivity contribution is 7.91. The number of sulfonamides is 1. The second-order valence-electron chi connectivity index (χ2n) is 13.2. The maximum Gasteiger partial charge on any atom is 0.259 e. The van der Waals surface area contributed by atoms with Crippen LogP contribution in [0.15, 0.2) is 54.6 Å². The van der Waals surface area contributed by atoms with Gasteiger partial charge in [-0.25, -0.2) is 13.4 Å². The van der Waals surface area contributed by atoms with Crippen molar-refractivity contribution >= 4 is 52.3 Å². The van der Waals surface area contributed by atoms with E-state index in [0.29, 0.717) is 40.9 Å². The Hall–Kier alpha value is -4.66. The lowest BCUT2D eigenvalue weighted by Gasteiger charge is -2.31. The van der Waals surface area contributed by atoms with Gasteiger partial charge in [0.25, 0.3) is 5.91 Å². The highest BCUT2D eigenvalue weighted by Gasteiger charge is 2.55. The van der Waals surface area contributed by atoms with Crippen molar-refractivity contribution in [1.82, 2.24) is 25.2 Å². The summed E-state index contributed by atoms with van der Waals surface area (Å²) in [5.41, 5.74) is 0.710. The summed E-state index contributed by atoms with van der Waals surface area (Å²) in [7, 11) is 3.13. The van der Waals surface area contributed by atoms with Gasteiger partial charge in [0.15, 0.2) is 5.81 Å². The number of benzene rings is 2. The van der Waals surface area contributed by atoms with Crippen LogP contribution in [-0.2, 0) is 24.4 Å². The molecule has 3 aliphatic rings. The summed E-state index contributed by atoms with van der Waals surface area (Å²) in [5.74, 6) is -2.15. The molecule has 49 heavy (non-hydrogen) atoms. The molecule has 2 saturated carbocycles. The van der Waals surface area contributed by atoms with E-state index >= 15 is 0 Å². The zero-order valence-corrected chi connectivity index (χ0v) is 28.3. The first-order valence-corrected chi connectivity index (χ1v) is 17.8. The van der Waals surface area contributed by atoms with Crippen LogP contribution in [0.1, 0.15) is 46.0 Å². The van der Waals surface area contributed by atoms with E-state index in [1.54, 1.807) is 39.2 Å². The van der Waals surface area contributed by atoms with Crippen molar-refractivity contribution in [1.29, 1.82) is 0 Å². The third kappa shape index (κ3) is 7.36. The van der Waals surface area contributed by atoms with Gasteiger partial charge in [-0.2, -0.15) is 0 Å². The standard InChI is InChI=1S/C34H38BN5O8S/c1-19(2)29(37-33(35)44)31(42)40-18-22(16-27(40)30(41)38-34(13-14-34)32(43)39-49(45,46)23-10-11-23)48-28-17-25(20-7-5-4-6-8-20)36-26-15-21(47-3)9-12-24(26)28/h4-9,12,15,17,19,22-23,27,29H,10-11,13-14,16,18H2,1-3H3,(H,37,44)(H,38,41)(H,39,43). The lowest BCUT2D eigenvalue weighted by atomic mass is 9.99. The average Bonchev–Trinajstić information content (AvgIpc) is 4.01. The SMILES string of the molecule is [B]C(=O)NC(C(=O)N1CC(Oc2cc(-c3ccccc3)nc3cc(OC)ccc23)CC1C(=O)NC1(C(=O)NS(=O)(=O)C2CC2)CC1)C(C)C. The number of carbonyl (C=O) groups excluding carboxylic acids is 4. The van der Waals surface area contributed by atoms with Crippen molar-refractivity contribution in [3.8, 4) is 22.8 Å². The summed E-state index contributed by atoms with van der Waals surface area (Å²) < 4.78 is 39.1. The molecule has 3 unspecified atom stereocenters. The lowest BCUT2D eigenvalue weighted by Crippen LogP contribution is -2.58. The van der Waals surface area contributed by atoms with Crippen LogP contribution in [0.5, 0.6) is 11.5 Å². The monoisotopic (exact) mass is 687 g/mol. The number of ether oxygens (including phenoxy) is 2. The molecule has 2 heterocycles. The minimum absolute atomic E-state index is 0.0174. The molecule has 1 aliphatic heterocycles. The molecular formula is C34H38BN5O8S. The normalized spacial score (nSPS) is 20.4. The molecule has 2 aliphatic carbocycles. The van der Waals surface area contributed by atoms with Gasteiger partial charge in [-0.3, -0.25) is 23.9 Å². The molecule has 3 aromatic rings. The topological polar surface area (TPSA) is 173 Å². The van der Waals surface area contributed by atoms with Crippen LogP contribution >= 0.6 is 0 Å². The van der Waals surface area contributed by atoms with Gasteiger partial charge < -0.3 is 25.0 Å². The van der Waals surface area contributed by atoms with Gasteiger partial charge >= 0.3 is 0 Å². The quantitative estimate of drug-likeness (QED) is 0.242. The Kier molecular flexibility index (Phi) is 9.31. The number of fused-ring (bicyclic) bond motifs is 1. The number of amides is 4. The fourth-order valence-corrected chi connectivity index (χ4v) is 7.48. The summed E-state index contributed by atoms with van der Waals surface area (Å²) in [4.78, 5) is 59.0. The first-order valence-electron chi connectivity index (χ1n) is 16.3. The van der Waals surface area contributed by atoms with Crippen molar-refractivity contribution in [2.45, 2.75) is 74.9 Å². The number of nitrogens with one attached hydrogen (secondary N) is 3. The first kappa shape index (κ1) is 34.2. The highest BCUT2D eigenvalue weighted by atomic mass is 32.2. The summed E-state index contributed by atoms with van der Waals surface area (Å²) in [5, 5.41) is 5.31. The second kappa shape index (κ2) is 13.3. The smallest absolute Gasteiger partial charge is 0.259 e. The van der Waals surface area contributed by atoms with Gasteiger partial charge in [-0.05, 0) is 43.7 Å². The van der Waals surface area contributed by atoms with Crippen molar-refractivity contribution in [2.75, 3.05) is 13.7 Å². The number of methoxy groups -OCH3 is 1. The van der Waals surface area contributed by atoms with E-state index in [1.165, 1.54) is 4.90 Å². The van der Waals surface area contributed by atoms with Crippen molar-refractivity contribution < 1.29 is 37.1 Å². The fourth-order valence-electron chi connectivity index (χ4n) is 6.10. The number of aromatic nitrogens is 1. The van der Waals surface area contributed by atoms with Crippen LogP contribution in [0.25, 0.3) is 22.2 Å². The summed E-state index contributed by atoms with van der Waals surface area (Å²) in [6, 6.07) is 14.6. The first-order chi connectivity index (χ1) is 23.3. The minimum atomic E-state index is -3.83. The molecule has 0 spiro atoms. The van der Waals surface area contributed by atoms with Crippen LogP contribution in [0.4, 0.5) is 4.79 Å². The van der Waals surface area contributed by atoms with E-state index in [2.05, 4.69) is 15.4 Å². The average molecular weight is 688 g/mol. The van der Waals surface area contributed by atoms with E-state index in [9.17, 15) is 27.6 Å². The van der Waals surface area contributed by atoms with Gasteiger partial charge in [0.05, 0.1) is 30.1 Å². The largest absolute Gasteiger partial charge is 0.497 e. The Bertz CT molecular complexity index is 1900. The molecule has 4 amide bonds. The number of nitrogens with zero attached hydrogens (tertiary/aromatic N) is 2. The maximum absolute atomic E-state index is 14.0. The minimum Gasteiger partial charge on any atom is -0.497 e. The number of hydrogen-bond acceptors (Lipinski definition) is 9. The third-order valence-corrected chi connectivity index (χ3v) is 11.0. The molecule has 15 heteroatoms. The Balaban J connectivity index is 1.30. The van der Waals surface area contributed by atoms with Gasteiger partial charge in [0.2, 0.25) is 29.7 Å². The van der Waals surface area contributed by atoms with E-state index < -0.39 is 62.5 Å². The van der Waals surface area contributed by atoms with Crippen molar-refractivity contribution in [3.05, 3.63) is 54.6 Å². The number of hydrogen-bond donors (Lipinski definition) is 3. The molecule has 6 rings (SSSR count). The van der Waals surface area contributed by atoms with Crippen LogP contribution in [0, 0.1) is 5.92 Å². The van der Waals surface area contributed by atoms with Crippen LogP contribution in [0.3, 0.4) is 0 Å². The molecule has 2 aromatic carbocycles. The van der Waals surface area contributed by atoms with Crippen LogP contribution in [-0.4, -0.2) is 92.3 Å². The lowest BCUT2D eigenvalue weighted by molar-refractivity contribution is -0.141. The fraction of sp³-hybridized carbons (Fsp3) is 0.441.